The summed E-state index contributed by atoms with van der Waals surface area (Å²) in [6.07, 6.45) is 0.223. The normalized spacial score (nSPS) is 11.0. The van der Waals surface area contributed by atoms with Crippen LogP contribution in [0, 0.1) is 20.8 Å². The monoisotopic (exact) mass is 340 g/mol. The Labute approximate surface area is 145 Å². The summed E-state index contributed by atoms with van der Waals surface area (Å²) in [4.78, 5) is 23.7. The minimum Gasteiger partial charge on any atom is -0.461 e. The number of fused-ring (bicyclic) bond motifs is 1. The van der Waals surface area contributed by atoms with Crippen molar-refractivity contribution in [3.8, 4) is 0 Å². The van der Waals surface area contributed by atoms with E-state index in [1.54, 1.807) is 10.7 Å². The van der Waals surface area contributed by atoms with Crippen LogP contribution < -0.4 is 5.63 Å². The van der Waals surface area contributed by atoms with E-state index in [0.717, 1.165) is 22.3 Å². The molecule has 0 spiro atoms. The van der Waals surface area contributed by atoms with Crippen molar-refractivity contribution in [2.24, 2.45) is 0 Å². The zero-order valence-electron chi connectivity index (χ0n) is 14.5. The van der Waals surface area contributed by atoms with Crippen LogP contribution in [0.2, 0.25) is 0 Å². The van der Waals surface area contributed by atoms with Crippen LogP contribution in [0.1, 0.15) is 28.9 Å². The van der Waals surface area contributed by atoms with Crippen molar-refractivity contribution < 1.29 is 13.9 Å². The molecule has 0 saturated carbocycles. The molecule has 0 N–H and O–H groups in total. The number of benzene rings is 1. The number of aryl methyl sites for hydroxylation is 4. The summed E-state index contributed by atoms with van der Waals surface area (Å²) in [7, 11) is 0. The summed E-state index contributed by atoms with van der Waals surface area (Å²) < 4.78 is 12.3. The minimum atomic E-state index is -0.452. The smallest absolute Gasteiger partial charge is 0.336 e. The summed E-state index contributed by atoms with van der Waals surface area (Å²) in [6.45, 7) is 6.29. The van der Waals surface area contributed by atoms with Gasteiger partial charge in [0.05, 0.1) is 18.7 Å². The van der Waals surface area contributed by atoms with Crippen LogP contribution in [0.3, 0.4) is 0 Å². The third kappa shape index (κ3) is 3.96. The SMILES string of the molecule is Cc1ccc2c(COC(=O)CCn3nc(C)cc3C)cc(=O)oc2c1. The van der Waals surface area contributed by atoms with Crippen LogP contribution in [-0.4, -0.2) is 15.7 Å². The summed E-state index contributed by atoms with van der Waals surface area (Å²) in [5, 5.41) is 5.09. The first-order valence-electron chi connectivity index (χ1n) is 8.12. The van der Waals surface area contributed by atoms with Crippen molar-refractivity contribution in [2.45, 2.75) is 40.3 Å². The Morgan fingerprint density at radius 2 is 2.00 bits per heavy atom. The molecule has 2 heterocycles. The molecule has 3 rings (SSSR count). The second-order valence-corrected chi connectivity index (χ2v) is 6.15. The van der Waals surface area contributed by atoms with Gasteiger partial charge in [0, 0.05) is 22.7 Å². The number of aromatic nitrogens is 2. The van der Waals surface area contributed by atoms with Crippen LogP contribution in [0.5, 0.6) is 0 Å². The maximum atomic E-state index is 12.0. The zero-order valence-corrected chi connectivity index (χ0v) is 14.5. The third-order valence-electron chi connectivity index (χ3n) is 4.01. The highest BCUT2D eigenvalue weighted by molar-refractivity contribution is 5.81. The van der Waals surface area contributed by atoms with E-state index < -0.39 is 5.63 Å². The fraction of sp³-hybridized carbons (Fsp3) is 0.316. The molecule has 6 nitrogen and oxygen atoms in total. The Morgan fingerprint density at radius 3 is 2.72 bits per heavy atom. The second-order valence-electron chi connectivity index (χ2n) is 6.15. The lowest BCUT2D eigenvalue weighted by Gasteiger charge is -2.08. The molecule has 0 fully saturated rings. The van der Waals surface area contributed by atoms with Gasteiger partial charge in [-0.1, -0.05) is 12.1 Å². The molecule has 130 valence electrons. The van der Waals surface area contributed by atoms with E-state index in [4.69, 9.17) is 9.15 Å². The van der Waals surface area contributed by atoms with E-state index in [9.17, 15) is 9.59 Å². The fourth-order valence-electron chi connectivity index (χ4n) is 2.79. The average Bonchev–Trinajstić information content (AvgIpc) is 2.87. The first kappa shape index (κ1) is 17.0. The molecule has 0 aliphatic rings. The summed E-state index contributed by atoms with van der Waals surface area (Å²) in [5.41, 5.74) is 3.62. The Bertz CT molecular complexity index is 985. The Hall–Kier alpha value is -2.89. The minimum absolute atomic E-state index is 0.0428. The van der Waals surface area contributed by atoms with E-state index in [0.29, 0.717) is 17.7 Å². The first-order valence-corrected chi connectivity index (χ1v) is 8.12. The predicted octanol–water partition coefficient (Wildman–Crippen LogP) is 3.05. The maximum absolute atomic E-state index is 12.0. The molecule has 0 bridgehead atoms. The molecule has 0 radical (unpaired) electrons. The van der Waals surface area contributed by atoms with Gasteiger partial charge in [0.2, 0.25) is 0 Å². The molecule has 0 aliphatic heterocycles. The van der Waals surface area contributed by atoms with Crippen molar-refractivity contribution >= 4 is 16.9 Å². The van der Waals surface area contributed by atoms with Crippen LogP contribution >= 0.6 is 0 Å². The molecule has 25 heavy (non-hydrogen) atoms. The lowest BCUT2D eigenvalue weighted by molar-refractivity contribution is -0.145. The van der Waals surface area contributed by atoms with Gasteiger partial charge >= 0.3 is 11.6 Å². The zero-order chi connectivity index (χ0) is 18.0. The molecule has 0 saturated heterocycles. The van der Waals surface area contributed by atoms with Crippen molar-refractivity contribution in [1.29, 1.82) is 0 Å². The van der Waals surface area contributed by atoms with Gasteiger partial charge in [0.15, 0.2) is 0 Å². The number of nitrogens with zero attached hydrogens (tertiary/aromatic N) is 2. The van der Waals surface area contributed by atoms with Gasteiger partial charge in [-0.25, -0.2) is 4.79 Å². The van der Waals surface area contributed by atoms with Gasteiger partial charge in [-0.2, -0.15) is 5.10 Å². The Balaban J connectivity index is 1.67. The number of carbonyl (C=O) groups excluding carboxylic acids is 1. The molecule has 2 aromatic heterocycles. The molecular formula is C19H20N2O4. The standard InChI is InChI=1S/C19H20N2O4/c1-12-4-5-16-15(10-19(23)25-17(16)8-12)11-24-18(22)6-7-21-14(3)9-13(2)20-21/h4-5,8-10H,6-7,11H2,1-3H3. The highest BCUT2D eigenvalue weighted by Crippen LogP contribution is 2.19. The maximum Gasteiger partial charge on any atom is 0.336 e. The van der Waals surface area contributed by atoms with Gasteiger partial charge < -0.3 is 9.15 Å². The van der Waals surface area contributed by atoms with Crippen LogP contribution in [0.4, 0.5) is 0 Å². The van der Waals surface area contributed by atoms with Crippen molar-refractivity contribution in [3.63, 3.8) is 0 Å². The molecule has 6 heteroatoms. The van der Waals surface area contributed by atoms with Crippen LogP contribution in [0.15, 0.2) is 39.5 Å². The highest BCUT2D eigenvalue weighted by Gasteiger charge is 2.10. The van der Waals surface area contributed by atoms with E-state index in [2.05, 4.69) is 5.10 Å². The second kappa shape index (κ2) is 6.93. The number of carbonyl (C=O) groups is 1. The predicted molar refractivity (Wildman–Crippen MR) is 93.3 cm³/mol. The average molecular weight is 340 g/mol. The molecule has 1 aromatic carbocycles. The quantitative estimate of drug-likeness (QED) is 0.527. The van der Waals surface area contributed by atoms with E-state index in [1.807, 2.05) is 39.0 Å². The lowest BCUT2D eigenvalue weighted by atomic mass is 10.1. The van der Waals surface area contributed by atoms with Gasteiger partial charge in [-0.15, -0.1) is 0 Å². The summed E-state index contributed by atoms with van der Waals surface area (Å²) >= 11 is 0. The summed E-state index contributed by atoms with van der Waals surface area (Å²) in [5.74, 6) is -0.332. The van der Waals surface area contributed by atoms with Gasteiger partial charge in [-0.3, -0.25) is 9.48 Å². The van der Waals surface area contributed by atoms with Crippen molar-refractivity contribution in [2.75, 3.05) is 0 Å². The largest absolute Gasteiger partial charge is 0.461 e. The van der Waals surface area contributed by atoms with E-state index in [1.165, 1.54) is 6.07 Å². The first-order chi connectivity index (χ1) is 11.9. The topological polar surface area (TPSA) is 74.3 Å². The Morgan fingerprint density at radius 1 is 1.20 bits per heavy atom. The Kier molecular flexibility index (Phi) is 4.70. The number of esters is 1. The van der Waals surface area contributed by atoms with Gasteiger partial charge in [-0.05, 0) is 38.5 Å². The molecule has 3 aromatic rings. The molecule has 0 unspecified atom stereocenters. The summed E-state index contributed by atoms with van der Waals surface area (Å²) in [6, 6.07) is 8.92. The third-order valence-corrected chi connectivity index (χ3v) is 4.01. The molecule has 0 atom stereocenters. The number of ether oxygens (including phenoxy) is 1. The lowest BCUT2D eigenvalue weighted by Crippen LogP contribution is -2.12. The molecule has 0 amide bonds. The number of rotatable bonds is 5. The van der Waals surface area contributed by atoms with Gasteiger partial charge in [0.1, 0.15) is 12.2 Å². The van der Waals surface area contributed by atoms with Gasteiger partial charge in [0.25, 0.3) is 0 Å². The van der Waals surface area contributed by atoms with Crippen LogP contribution in [-0.2, 0) is 22.7 Å². The van der Waals surface area contributed by atoms with Crippen molar-refractivity contribution in [3.05, 3.63) is 63.3 Å². The molecular weight excluding hydrogens is 320 g/mol. The van der Waals surface area contributed by atoms with Crippen molar-refractivity contribution in [1.82, 2.24) is 9.78 Å². The highest BCUT2D eigenvalue weighted by atomic mass is 16.5. The van der Waals surface area contributed by atoms with Crippen LogP contribution in [0.25, 0.3) is 11.0 Å². The number of hydrogen-bond acceptors (Lipinski definition) is 5. The number of hydrogen-bond donors (Lipinski definition) is 0. The molecule has 0 aliphatic carbocycles. The van der Waals surface area contributed by atoms with E-state index in [-0.39, 0.29) is 19.0 Å². The fourth-order valence-corrected chi connectivity index (χ4v) is 2.79. The van der Waals surface area contributed by atoms with E-state index >= 15 is 0 Å².